The number of aliphatic hydroxyl groups excluding tert-OH is 1. The lowest BCUT2D eigenvalue weighted by molar-refractivity contribution is 0.238. The van der Waals surface area contributed by atoms with Crippen molar-refractivity contribution in [2.75, 3.05) is 0 Å². The monoisotopic (exact) mass is 212 g/mol. The van der Waals surface area contributed by atoms with Crippen LogP contribution in [0, 0.1) is 11.8 Å². The van der Waals surface area contributed by atoms with Crippen LogP contribution in [0.15, 0.2) is 42.0 Å². The summed E-state index contributed by atoms with van der Waals surface area (Å²) in [6.45, 7) is 0. The van der Waals surface area contributed by atoms with Crippen LogP contribution in [0.2, 0.25) is 0 Å². The summed E-state index contributed by atoms with van der Waals surface area (Å²) in [5.74, 6) is 5.99. The Morgan fingerprint density at radius 1 is 1.12 bits per heavy atom. The van der Waals surface area contributed by atoms with Crippen molar-refractivity contribution in [3.8, 4) is 11.8 Å². The van der Waals surface area contributed by atoms with Gasteiger partial charge < -0.3 is 5.11 Å². The molecule has 2 rings (SSSR count). The first-order chi connectivity index (χ1) is 7.86. The van der Waals surface area contributed by atoms with Crippen molar-refractivity contribution in [2.45, 2.75) is 31.8 Å². The van der Waals surface area contributed by atoms with Crippen LogP contribution in [-0.2, 0) is 0 Å². The summed E-state index contributed by atoms with van der Waals surface area (Å²) in [5, 5.41) is 9.85. The van der Waals surface area contributed by atoms with Crippen LogP contribution in [0.4, 0.5) is 0 Å². The zero-order valence-electron chi connectivity index (χ0n) is 9.32. The number of rotatable bonds is 1. The van der Waals surface area contributed by atoms with Crippen molar-refractivity contribution >= 4 is 0 Å². The third-order valence-electron chi connectivity index (χ3n) is 2.78. The molecular weight excluding hydrogens is 196 g/mol. The standard InChI is InChI=1S/C15H16O/c16-15(14-9-5-2-6-10-14)12-11-13-7-3-1-4-8-13/h2,5-7,9-10,15-16H,1,3-4,8H2/t15-/m1/s1. The van der Waals surface area contributed by atoms with Crippen LogP contribution >= 0.6 is 0 Å². The van der Waals surface area contributed by atoms with Crippen LogP contribution in [-0.4, -0.2) is 5.11 Å². The van der Waals surface area contributed by atoms with Gasteiger partial charge in [0.15, 0.2) is 0 Å². The lowest BCUT2D eigenvalue weighted by atomic mass is 9.99. The van der Waals surface area contributed by atoms with E-state index in [0.717, 1.165) is 18.4 Å². The van der Waals surface area contributed by atoms with E-state index in [-0.39, 0.29) is 0 Å². The molecule has 0 unspecified atom stereocenters. The molecule has 0 aliphatic heterocycles. The zero-order valence-corrected chi connectivity index (χ0v) is 9.32. The van der Waals surface area contributed by atoms with Crippen molar-refractivity contribution in [3.63, 3.8) is 0 Å². The van der Waals surface area contributed by atoms with E-state index in [4.69, 9.17) is 0 Å². The lowest BCUT2D eigenvalue weighted by Gasteiger charge is -2.07. The largest absolute Gasteiger partial charge is 0.376 e. The predicted octanol–water partition coefficient (Wildman–Crippen LogP) is 3.22. The lowest BCUT2D eigenvalue weighted by Crippen LogP contribution is -1.94. The number of aliphatic hydroxyl groups is 1. The topological polar surface area (TPSA) is 20.2 Å². The van der Waals surface area contributed by atoms with Gasteiger partial charge in [-0.25, -0.2) is 0 Å². The fraction of sp³-hybridized carbons (Fsp3) is 0.333. The zero-order chi connectivity index (χ0) is 11.2. The van der Waals surface area contributed by atoms with Gasteiger partial charge in [-0.15, -0.1) is 0 Å². The van der Waals surface area contributed by atoms with Gasteiger partial charge in [0.2, 0.25) is 0 Å². The Kier molecular flexibility index (Phi) is 3.80. The third kappa shape index (κ3) is 2.98. The van der Waals surface area contributed by atoms with Gasteiger partial charge in [-0.05, 0) is 36.8 Å². The maximum absolute atomic E-state index is 9.85. The highest BCUT2D eigenvalue weighted by molar-refractivity contribution is 5.33. The van der Waals surface area contributed by atoms with Crippen molar-refractivity contribution in [3.05, 3.63) is 47.5 Å². The summed E-state index contributed by atoms with van der Waals surface area (Å²) in [6, 6.07) is 9.57. The van der Waals surface area contributed by atoms with E-state index in [0.29, 0.717) is 0 Å². The molecular formula is C15H16O. The van der Waals surface area contributed by atoms with E-state index in [9.17, 15) is 5.11 Å². The summed E-state index contributed by atoms with van der Waals surface area (Å²) in [5.41, 5.74) is 2.05. The first kappa shape index (κ1) is 11.0. The molecule has 1 atom stereocenters. The van der Waals surface area contributed by atoms with Gasteiger partial charge in [0.25, 0.3) is 0 Å². The molecule has 0 aromatic heterocycles. The number of hydrogen-bond acceptors (Lipinski definition) is 1. The van der Waals surface area contributed by atoms with Crippen LogP contribution in [0.3, 0.4) is 0 Å². The number of benzene rings is 1. The highest BCUT2D eigenvalue weighted by Gasteiger charge is 2.03. The van der Waals surface area contributed by atoms with Gasteiger partial charge in [-0.1, -0.05) is 48.2 Å². The van der Waals surface area contributed by atoms with E-state index in [2.05, 4.69) is 17.9 Å². The van der Waals surface area contributed by atoms with E-state index in [1.54, 1.807) is 0 Å². The van der Waals surface area contributed by atoms with Crippen LogP contribution in [0.25, 0.3) is 0 Å². The Hall–Kier alpha value is -1.52. The summed E-state index contributed by atoms with van der Waals surface area (Å²) in [4.78, 5) is 0. The number of hydrogen-bond donors (Lipinski definition) is 1. The molecule has 0 heterocycles. The molecule has 1 nitrogen and oxygen atoms in total. The Labute approximate surface area is 96.8 Å². The molecule has 1 aromatic rings. The Morgan fingerprint density at radius 2 is 1.94 bits per heavy atom. The van der Waals surface area contributed by atoms with Gasteiger partial charge >= 0.3 is 0 Å². The molecule has 1 aliphatic carbocycles. The first-order valence-corrected chi connectivity index (χ1v) is 5.80. The van der Waals surface area contributed by atoms with E-state index in [1.165, 1.54) is 18.4 Å². The molecule has 0 amide bonds. The highest BCUT2D eigenvalue weighted by atomic mass is 16.3. The predicted molar refractivity (Wildman–Crippen MR) is 65.7 cm³/mol. The minimum atomic E-state index is -0.663. The van der Waals surface area contributed by atoms with Crippen molar-refractivity contribution < 1.29 is 5.11 Å². The summed E-state index contributed by atoms with van der Waals surface area (Å²) in [6.07, 6.45) is 6.21. The average molecular weight is 212 g/mol. The molecule has 0 saturated heterocycles. The molecule has 1 aromatic carbocycles. The molecule has 1 heteroatoms. The second-order valence-electron chi connectivity index (χ2n) is 4.06. The van der Waals surface area contributed by atoms with Crippen LogP contribution in [0.5, 0.6) is 0 Å². The first-order valence-electron chi connectivity index (χ1n) is 5.80. The SMILES string of the molecule is O[C@H](C#CC1=CCCCC1)c1ccccc1. The molecule has 0 radical (unpaired) electrons. The number of allylic oxidation sites excluding steroid dienone is 2. The van der Waals surface area contributed by atoms with Gasteiger partial charge in [-0.2, -0.15) is 0 Å². The molecule has 0 spiro atoms. The van der Waals surface area contributed by atoms with E-state index in [1.807, 2.05) is 30.3 Å². The summed E-state index contributed by atoms with van der Waals surface area (Å²) in [7, 11) is 0. The maximum Gasteiger partial charge on any atom is 0.140 e. The van der Waals surface area contributed by atoms with Crippen LogP contribution in [0.1, 0.15) is 37.4 Å². The van der Waals surface area contributed by atoms with Gasteiger partial charge in [0.1, 0.15) is 6.10 Å². The minimum absolute atomic E-state index is 0.663. The quantitative estimate of drug-likeness (QED) is 0.709. The second kappa shape index (κ2) is 5.53. The summed E-state index contributed by atoms with van der Waals surface area (Å²) >= 11 is 0. The fourth-order valence-electron chi connectivity index (χ4n) is 1.83. The second-order valence-corrected chi connectivity index (χ2v) is 4.06. The Morgan fingerprint density at radius 3 is 2.62 bits per heavy atom. The normalized spacial score (nSPS) is 16.9. The molecule has 0 fully saturated rings. The van der Waals surface area contributed by atoms with Crippen molar-refractivity contribution in [1.82, 2.24) is 0 Å². The van der Waals surface area contributed by atoms with Crippen LogP contribution < -0.4 is 0 Å². The summed E-state index contributed by atoms with van der Waals surface area (Å²) < 4.78 is 0. The van der Waals surface area contributed by atoms with Gasteiger partial charge in [-0.3, -0.25) is 0 Å². The maximum atomic E-state index is 9.85. The molecule has 1 N–H and O–H groups in total. The molecule has 1 aliphatic rings. The van der Waals surface area contributed by atoms with Crippen molar-refractivity contribution in [2.24, 2.45) is 0 Å². The Balaban J connectivity index is 2.04. The average Bonchev–Trinajstić information content (AvgIpc) is 2.38. The van der Waals surface area contributed by atoms with Gasteiger partial charge in [0, 0.05) is 0 Å². The minimum Gasteiger partial charge on any atom is -0.376 e. The Bertz CT molecular complexity index is 420. The van der Waals surface area contributed by atoms with Crippen molar-refractivity contribution in [1.29, 1.82) is 0 Å². The van der Waals surface area contributed by atoms with E-state index < -0.39 is 6.10 Å². The molecule has 0 bridgehead atoms. The molecule has 82 valence electrons. The smallest absolute Gasteiger partial charge is 0.140 e. The highest BCUT2D eigenvalue weighted by Crippen LogP contribution is 2.17. The van der Waals surface area contributed by atoms with Gasteiger partial charge in [0.05, 0.1) is 0 Å². The molecule has 0 saturated carbocycles. The molecule has 16 heavy (non-hydrogen) atoms. The fourth-order valence-corrected chi connectivity index (χ4v) is 1.83. The van der Waals surface area contributed by atoms with E-state index >= 15 is 0 Å². The third-order valence-corrected chi connectivity index (χ3v) is 2.78.